The SMILES string of the molecule is Cc1ccc(CC2=NCCC(C(=O)Cc3ccc(C)c(C)c3)N2)cc1. The Hall–Kier alpha value is -2.42. The quantitative estimate of drug-likeness (QED) is 0.905. The number of nitrogens with one attached hydrogen (secondary N) is 1. The first-order chi connectivity index (χ1) is 12.0. The Morgan fingerprint density at radius 1 is 1.04 bits per heavy atom. The minimum atomic E-state index is -0.125. The number of hydrogen-bond acceptors (Lipinski definition) is 3. The van der Waals surface area contributed by atoms with E-state index in [9.17, 15) is 4.79 Å². The number of carbonyl (C=O) groups is 1. The fourth-order valence-electron chi connectivity index (χ4n) is 3.13. The van der Waals surface area contributed by atoms with E-state index in [-0.39, 0.29) is 11.8 Å². The molecule has 0 amide bonds. The molecule has 3 nitrogen and oxygen atoms in total. The Labute approximate surface area is 150 Å². The zero-order valence-corrected chi connectivity index (χ0v) is 15.3. The van der Waals surface area contributed by atoms with Crippen molar-refractivity contribution in [1.29, 1.82) is 0 Å². The number of amidine groups is 1. The van der Waals surface area contributed by atoms with Crippen LogP contribution in [0.2, 0.25) is 0 Å². The Kier molecular flexibility index (Phi) is 5.32. The van der Waals surface area contributed by atoms with E-state index in [1.165, 1.54) is 22.3 Å². The molecular weight excluding hydrogens is 308 g/mol. The van der Waals surface area contributed by atoms with Crippen molar-refractivity contribution >= 4 is 11.6 Å². The molecule has 0 saturated carbocycles. The van der Waals surface area contributed by atoms with Gasteiger partial charge in [-0.25, -0.2) is 0 Å². The first-order valence-electron chi connectivity index (χ1n) is 8.95. The van der Waals surface area contributed by atoms with Gasteiger partial charge in [-0.1, -0.05) is 48.0 Å². The van der Waals surface area contributed by atoms with E-state index in [0.29, 0.717) is 6.42 Å². The third kappa shape index (κ3) is 4.56. The standard InChI is InChI=1S/C22H26N2O/c1-15-4-7-18(8-5-15)14-22-23-11-10-20(24-22)21(25)13-19-9-6-16(2)17(3)12-19/h4-9,12,20H,10-11,13-14H2,1-3H3,(H,23,24). The smallest absolute Gasteiger partial charge is 0.159 e. The number of benzene rings is 2. The number of rotatable bonds is 5. The molecule has 130 valence electrons. The van der Waals surface area contributed by atoms with Crippen LogP contribution in [0, 0.1) is 20.8 Å². The van der Waals surface area contributed by atoms with Crippen LogP contribution in [0.25, 0.3) is 0 Å². The normalized spacial score (nSPS) is 16.9. The molecule has 0 saturated heterocycles. The lowest BCUT2D eigenvalue weighted by Gasteiger charge is -2.24. The van der Waals surface area contributed by atoms with E-state index in [1.54, 1.807) is 0 Å². The van der Waals surface area contributed by atoms with Gasteiger partial charge in [-0.15, -0.1) is 0 Å². The zero-order valence-electron chi connectivity index (χ0n) is 15.3. The van der Waals surface area contributed by atoms with E-state index < -0.39 is 0 Å². The Morgan fingerprint density at radius 2 is 1.76 bits per heavy atom. The number of aliphatic imine (C=N–C) groups is 1. The average molecular weight is 334 g/mol. The second-order valence-electron chi connectivity index (χ2n) is 7.04. The summed E-state index contributed by atoms with van der Waals surface area (Å²) >= 11 is 0. The molecule has 2 aromatic rings. The van der Waals surface area contributed by atoms with Crippen molar-refractivity contribution in [2.24, 2.45) is 4.99 Å². The molecule has 1 atom stereocenters. The highest BCUT2D eigenvalue weighted by molar-refractivity contribution is 5.93. The van der Waals surface area contributed by atoms with Gasteiger partial charge in [-0.3, -0.25) is 9.79 Å². The van der Waals surface area contributed by atoms with Gasteiger partial charge in [0.1, 0.15) is 5.84 Å². The van der Waals surface area contributed by atoms with Gasteiger partial charge in [-0.2, -0.15) is 0 Å². The van der Waals surface area contributed by atoms with Crippen molar-refractivity contribution in [1.82, 2.24) is 5.32 Å². The van der Waals surface area contributed by atoms with Crippen molar-refractivity contribution in [3.8, 4) is 0 Å². The molecule has 1 unspecified atom stereocenters. The van der Waals surface area contributed by atoms with Crippen LogP contribution in [-0.4, -0.2) is 24.2 Å². The molecule has 1 N–H and O–H groups in total. The van der Waals surface area contributed by atoms with Crippen molar-refractivity contribution in [3.05, 3.63) is 70.3 Å². The topological polar surface area (TPSA) is 41.5 Å². The molecule has 3 heteroatoms. The Morgan fingerprint density at radius 3 is 2.48 bits per heavy atom. The number of ketones is 1. The lowest BCUT2D eigenvalue weighted by molar-refractivity contribution is -0.120. The summed E-state index contributed by atoms with van der Waals surface area (Å²) in [7, 11) is 0. The highest BCUT2D eigenvalue weighted by Gasteiger charge is 2.22. The number of hydrogen-bond donors (Lipinski definition) is 1. The third-order valence-corrected chi connectivity index (χ3v) is 4.89. The molecule has 0 aromatic heterocycles. The summed E-state index contributed by atoms with van der Waals surface area (Å²) < 4.78 is 0. The van der Waals surface area contributed by atoms with Crippen LogP contribution in [0.15, 0.2) is 47.5 Å². The Balaban J connectivity index is 1.61. The van der Waals surface area contributed by atoms with Crippen LogP contribution in [0.3, 0.4) is 0 Å². The molecule has 3 rings (SSSR count). The van der Waals surface area contributed by atoms with Gasteiger partial charge in [0.15, 0.2) is 5.78 Å². The fraction of sp³-hybridized carbons (Fsp3) is 0.364. The molecule has 0 spiro atoms. The fourth-order valence-corrected chi connectivity index (χ4v) is 3.13. The molecule has 2 aromatic carbocycles. The number of nitrogens with zero attached hydrogens (tertiary/aromatic N) is 1. The monoisotopic (exact) mass is 334 g/mol. The highest BCUT2D eigenvalue weighted by Crippen LogP contribution is 2.13. The highest BCUT2D eigenvalue weighted by atomic mass is 16.1. The summed E-state index contributed by atoms with van der Waals surface area (Å²) in [6.45, 7) is 6.99. The Bertz CT molecular complexity index is 790. The summed E-state index contributed by atoms with van der Waals surface area (Å²) in [4.78, 5) is 17.3. The molecule has 1 heterocycles. The second-order valence-corrected chi connectivity index (χ2v) is 7.04. The maximum absolute atomic E-state index is 12.7. The lowest BCUT2D eigenvalue weighted by Crippen LogP contribution is -2.45. The number of Topliss-reactive ketones (excluding diaryl/α,β-unsaturated/α-hetero) is 1. The van der Waals surface area contributed by atoms with Crippen LogP contribution in [0.1, 0.15) is 34.2 Å². The van der Waals surface area contributed by atoms with E-state index in [2.05, 4.69) is 73.5 Å². The van der Waals surface area contributed by atoms with Crippen molar-refractivity contribution in [2.45, 2.75) is 46.1 Å². The van der Waals surface area contributed by atoms with Crippen molar-refractivity contribution in [3.63, 3.8) is 0 Å². The van der Waals surface area contributed by atoms with Gasteiger partial charge < -0.3 is 5.32 Å². The van der Waals surface area contributed by atoms with E-state index in [1.807, 2.05) is 0 Å². The molecule has 25 heavy (non-hydrogen) atoms. The van der Waals surface area contributed by atoms with E-state index in [0.717, 1.165) is 30.8 Å². The van der Waals surface area contributed by atoms with Crippen LogP contribution in [0.5, 0.6) is 0 Å². The van der Waals surface area contributed by atoms with Crippen LogP contribution >= 0.6 is 0 Å². The van der Waals surface area contributed by atoms with Gasteiger partial charge in [0.25, 0.3) is 0 Å². The zero-order chi connectivity index (χ0) is 17.8. The van der Waals surface area contributed by atoms with Gasteiger partial charge in [0, 0.05) is 19.4 Å². The predicted molar refractivity (Wildman–Crippen MR) is 103 cm³/mol. The van der Waals surface area contributed by atoms with Crippen LogP contribution in [-0.2, 0) is 17.6 Å². The van der Waals surface area contributed by atoms with Gasteiger partial charge in [-0.05, 0) is 49.4 Å². The second kappa shape index (κ2) is 7.64. The number of aryl methyl sites for hydroxylation is 3. The minimum Gasteiger partial charge on any atom is -0.364 e. The number of carbonyl (C=O) groups excluding carboxylic acids is 1. The molecule has 1 aliphatic heterocycles. The summed E-state index contributed by atoms with van der Waals surface area (Å²) in [5, 5.41) is 3.36. The molecule has 0 fully saturated rings. The summed E-state index contributed by atoms with van der Waals surface area (Å²) in [6, 6.07) is 14.6. The molecule has 1 aliphatic rings. The lowest BCUT2D eigenvalue weighted by atomic mass is 9.97. The van der Waals surface area contributed by atoms with Gasteiger partial charge in [0.05, 0.1) is 6.04 Å². The first-order valence-corrected chi connectivity index (χ1v) is 8.95. The predicted octanol–water partition coefficient (Wildman–Crippen LogP) is 3.73. The van der Waals surface area contributed by atoms with Crippen LogP contribution < -0.4 is 5.32 Å². The van der Waals surface area contributed by atoms with Gasteiger partial charge in [0.2, 0.25) is 0 Å². The van der Waals surface area contributed by atoms with Gasteiger partial charge >= 0.3 is 0 Å². The summed E-state index contributed by atoms with van der Waals surface area (Å²) in [5.74, 6) is 1.17. The molecule has 0 radical (unpaired) electrons. The minimum absolute atomic E-state index is 0.125. The first kappa shape index (κ1) is 17.4. The molecule has 0 aliphatic carbocycles. The van der Waals surface area contributed by atoms with Crippen LogP contribution in [0.4, 0.5) is 0 Å². The maximum atomic E-state index is 12.7. The van der Waals surface area contributed by atoms with E-state index >= 15 is 0 Å². The van der Waals surface area contributed by atoms with E-state index in [4.69, 9.17) is 0 Å². The maximum Gasteiger partial charge on any atom is 0.159 e. The summed E-state index contributed by atoms with van der Waals surface area (Å²) in [6.07, 6.45) is 2.02. The third-order valence-electron chi connectivity index (χ3n) is 4.89. The summed E-state index contributed by atoms with van der Waals surface area (Å²) in [5.41, 5.74) is 6.07. The largest absolute Gasteiger partial charge is 0.364 e. The average Bonchev–Trinajstić information content (AvgIpc) is 2.60. The van der Waals surface area contributed by atoms with Crippen molar-refractivity contribution in [2.75, 3.05) is 6.54 Å². The van der Waals surface area contributed by atoms with Crippen molar-refractivity contribution < 1.29 is 4.79 Å². The molecule has 0 bridgehead atoms. The molecular formula is C22H26N2O.